The van der Waals surface area contributed by atoms with Crippen molar-refractivity contribution in [3.63, 3.8) is 0 Å². The third-order valence-electron chi connectivity index (χ3n) is 3.46. The number of benzene rings is 2. The van der Waals surface area contributed by atoms with Gasteiger partial charge in [0.15, 0.2) is 0 Å². The molecule has 0 aliphatic heterocycles. The summed E-state index contributed by atoms with van der Waals surface area (Å²) in [5.41, 5.74) is 2.54. The fourth-order valence-corrected chi connectivity index (χ4v) is 2.25. The van der Waals surface area contributed by atoms with Crippen LogP contribution in [0.15, 0.2) is 72.8 Å². The molecule has 0 fully saturated rings. The van der Waals surface area contributed by atoms with E-state index in [-0.39, 0.29) is 12.1 Å². The predicted molar refractivity (Wildman–Crippen MR) is 90.8 cm³/mol. The minimum absolute atomic E-state index is 0.228. The Kier molecular flexibility index (Phi) is 6.57. The molecule has 3 nitrogen and oxygen atoms in total. The molecule has 0 radical (unpaired) electrons. The molecule has 0 amide bonds. The average molecular weight is 310 g/mol. The molecule has 0 heterocycles. The van der Waals surface area contributed by atoms with Gasteiger partial charge in [0, 0.05) is 12.0 Å². The van der Waals surface area contributed by atoms with Crippen molar-refractivity contribution >= 4 is 5.97 Å². The lowest BCUT2D eigenvalue weighted by molar-refractivity contribution is -0.139. The Hall–Kier alpha value is -2.39. The van der Waals surface area contributed by atoms with Gasteiger partial charge >= 0.3 is 5.97 Å². The van der Waals surface area contributed by atoms with Crippen molar-refractivity contribution in [3.8, 4) is 0 Å². The molecule has 0 spiro atoms. The number of carbonyl (C=O) groups excluding carboxylic acids is 1. The normalized spacial score (nSPS) is 11.7. The third kappa shape index (κ3) is 5.38. The summed E-state index contributed by atoms with van der Waals surface area (Å²) in [6.07, 6.45) is 0.184. The van der Waals surface area contributed by atoms with Crippen LogP contribution in [-0.4, -0.2) is 12.6 Å². The predicted octanol–water partition coefficient (Wildman–Crippen LogP) is 4.45. The van der Waals surface area contributed by atoms with Gasteiger partial charge in [0.2, 0.25) is 0 Å². The average Bonchev–Trinajstić information content (AvgIpc) is 2.60. The van der Waals surface area contributed by atoms with E-state index in [2.05, 4.69) is 6.58 Å². The van der Waals surface area contributed by atoms with Crippen LogP contribution in [0.5, 0.6) is 0 Å². The van der Waals surface area contributed by atoms with Crippen LogP contribution >= 0.6 is 0 Å². The molecule has 0 aliphatic rings. The third-order valence-corrected chi connectivity index (χ3v) is 3.46. The lowest BCUT2D eigenvalue weighted by Gasteiger charge is -2.19. The number of esters is 1. The number of hydrogen-bond acceptors (Lipinski definition) is 3. The minimum Gasteiger partial charge on any atom is -0.463 e. The molecule has 0 aromatic heterocycles. The molecule has 0 N–H and O–H groups in total. The molecule has 0 bridgehead atoms. The van der Waals surface area contributed by atoms with E-state index in [9.17, 15) is 4.79 Å². The van der Waals surface area contributed by atoms with Crippen molar-refractivity contribution in [2.24, 2.45) is 0 Å². The van der Waals surface area contributed by atoms with Gasteiger partial charge < -0.3 is 9.47 Å². The van der Waals surface area contributed by atoms with E-state index in [1.165, 1.54) is 0 Å². The van der Waals surface area contributed by atoms with Crippen molar-refractivity contribution in [2.75, 3.05) is 6.61 Å². The molecular weight excluding hydrogens is 288 g/mol. The van der Waals surface area contributed by atoms with E-state index in [4.69, 9.17) is 9.47 Å². The number of hydrogen-bond donors (Lipinski definition) is 0. The van der Waals surface area contributed by atoms with Gasteiger partial charge in [-0.1, -0.05) is 67.2 Å². The zero-order valence-electron chi connectivity index (χ0n) is 13.4. The van der Waals surface area contributed by atoms with Gasteiger partial charge in [0.1, 0.15) is 0 Å². The van der Waals surface area contributed by atoms with Crippen molar-refractivity contribution < 1.29 is 14.3 Å². The molecule has 0 unspecified atom stereocenters. The first-order valence-corrected chi connectivity index (χ1v) is 7.76. The maximum absolute atomic E-state index is 11.8. The van der Waals surface area contributed by atoms with Crippen LogP contribution in [0.3, 0.4) is 0 Å². The molecule has 0 saturated carbocycles. The standard InChI is InChI=1S/C20H22O3/c1-3-22-20(21)16(2)14-19(18-12-8-5-9-13-18)23-15-17-10-6-4-7-11-17/h4-13,19H,2-3,14-15H2,1H3/t19-/m0/s1. The van der Waals surface area contributed by atoms with Gasteiger partial charge in [-0.2, -0.15) is 0 Å². The van der Waals surface area contributed by atoms with Crippen molar-refractivity contribution in [3.05, 3.63) is 83.9 Å². The molecule has 0 saturated heterocycles. The second-order valence-corrected chi connectivity index (χ2v) is 5.22. The van der Waals surface area contributed by atoms with E-state index in [1.807, 2.05) is 60.7 Å². The first kappa shape index (κ1) is 17.0. The Labute approximate surface area is 137 Å². The fourth-order valence-electron chi connectivity index (χ4n) is 2.25. The minimum atomic E-state index is -0.364. The summed E-state index contributed by atoms with van der Waals surface area (Å²) in [7, 11) is 0. The quantitative estimate of drug-likeness (QED) is 0.533. The zero-order valence-corrected chi connectivity index (χ0v) is 13.4. The highest BCUT2D eigenvalue weighted by Crippen LogP contribution is 2.26. The van der Waals surface area contributed by atoms with Crippen LogP contribution in [0.1, 0.15) is 30.6 Å². The second-order valence-electron chi connectivity index (χ2n) is 5.22. The molecule has 2 rings (SSSR count). The monoisotopic (exact) mass is 310 g/mol. The SMILES string of the molecule is C=C(C[C@H](OCc1ccccc1)c1ccccc1)C(=O)OCC. The summed E-state index contributed by atoms with van der Waals surface area (Å²) in [6, 6.07) is 19.8. The van der Waals surface area contributed by atoms with Crippen molar-refractivity contribution in [1.29, 1.82) is 0 Å². The van der Waals surface area contributed by atoms with Gasteiger partial charge in [0.25, 0.3) is 0 Å². The fraction of sp³-hybridized carbons (Fsp3) is 0.250. The van der Waals surface area contributed by atoms with Gasteiger partial charge in [-0.3, -0.25) is 0 Å². The van der Waals surface area contributed by atoms with E-state index in [0.717, 1.165) is 11.1 Å². The molecule has 3 heteroatoms. The van der Waals surface area contributed by atoms with Gasteiger partial charge in [-0.25, -0.2) is 4.79 Å². The van der Waals surface area contributed by atoms with Crippen LogP contribution in [0.2, 0.25) is 0 Å². The first-order chi connectivity index (χ1) is 11.2. The molecule has 2 aromatic rings. The van der Waals surface area contributed by atoms with Crippen LogP contribution in [0, 0.1) is 0 Å². The summed E-state index contributed by atoms with van der Waals surface area (Å²) < 4.78 is 11.1. The highest BCUT2D eigenvalue weighted by Gasteiger charge is 2.18. The summed E-state index contributed by atoms with van der Waals surface area (Å²) >= 11 is 0. The topological polar surface area (TPSA) is 35.5 Å². The maximum Gasteiger partial charge on any atom is 0.333 e. The van der Waals surface area contributed by atoms with E-state index >= 15 is 0 Å². The lowest BCUT2D eigenvalue weighted by atomic mass is 10.0. The van der Waals surface area contributed by atoms with E-state index in [0.29, 0.717) is 25.2 Å². The van der Waals surface area contributed by atoms with E-state index < -0.39 is 0 Å². The molecular formula is C20H22O3. The van der Waals surface area contributed by atoms with E-state index in [1.54, 1.807) is 6.92 Å². The lowest BCUT2D eigenvalue weighted by Crippen LogP contribution is -2.12. The maximum atomic E-state index is 11.8. The van der Waals surface area contributed by atoms with Crippen LogP contribution in [0.25, 0.3) is 0 Å². The molecule has 23 heavy (non-hydrogen) atoms. The number of rotatable bonds is 8. The largest absolute Gasteiger partial charge is 0.463 e. The first-order valence-electron chi connectivity index (χ1n) is 7.76. The Balaban J connectivity index is 2.06. The molecule has 120 valence electrons. The Bertz CT molecular complexity index is 620. The molecule has 0 aliphatic carbocycles. The smallest absolute Gasteiger partial charge is 0.333 e. The van der Waals surface area contributed by atoms with Gasteiger partial charge in [0.05, 0.1) is 19.3 Å². The highest BCUT2D eigenvalue weighted by atomic mass is 16.5. The summed E-state index contributed by atoms with van der Waals surface area (Å²) in [5, 5.41) is 0. The Morgan fingerprint density at radius 1 is 1.04 bits per heavy atom. The van der Waals surface area contributed by atoms with Gasteiger partial charge in [-0.15, -0.1) is 0 Å². The van der Waals surface area contributed by atoms with Crippen molar-refractivity contribution in [1.82, 2.24) is 0 Å². The second kappa shape index (κ2) is 8.91. The van der Waals surface area contributed by atoms with Crippen LogP contribution in [-0.2, 0) is 20.9 Å². The zero-order chi connectivity index (χ0) is 16.5. The number of ether oxygens (including phenoxy) is 2. The highest BCUT2D eigenvalue weighted by molar-refractivity contribution is 5.87. The molecule has 1 atom stereocenters. The summed E-state index contributed by atoms with van der Waals surface area (Å²) in [4.78, 5) is 11.8. The summed E-state index contributed by atoms with van der Waals surface area (Å²) in [5.74, 6) is -0.364. The molecule has 2 aromatic carbocycles. The number of carbonyl (C=O) groups is 1. The van der Waals surface area contributed by atoms with Crippen LogP contribution in [0.4, 0.5) is 0 Å². The van der Waals surface area contributed by atoms with Crippen molar-refractivity contribution in [2.45, 2.75) is 26.1 Å². The summed E-state index contributed by atoms with van der Waals surface area (Å²) in [6.45, 7) is 6.45. The Morgan fingerprint density at radius 3 is 2.26 bits per heavy atom. The van der Waals surface area contributed by atoms with Crippen LogP contribution < -0.4 is 0 Å². The Morgan fingerprint density at radius 2 is 1.65 bits per heavy atom. The van der Waals surface area contributed by atoms with Gasteiger partial charge in [-0.05, 0) is 18.1 Å².